The van der Waals surface area contributed by atoms with E-state index in [1.807, 2.05) is 146 Å². The van der Waals surface area contributed by atoms with Gasteiger partial charge in [-0.1, -0.05) is 287 Å². The van der Waals surface area contributed by atoms with Crippen molar-refractivity contribution in [2.45, 2.75) is 52.4 Å². The van der Waals surface area contributed by atoms with Crippen molar-refractivity contribution >= 4 is 0 Å². The van der Waals surface area contributed by atoms with E-state index >= 15 is 0 Å². The van der Waals surface area contributed by atoms with Gasteiger partial charge in [0.05, 0.1) is 0 Å². The van der Waals surface area contributed by atoms with Gasteiger partial charge in [-0.05, 0) is 0 Å². The summed E-state index contributed by atoms with van der Waals surface area (Å²) in [6.07, 6.45) is 0. The minimum Gasteiger partial charge on any atom is -0.655 e. The molecule has 0 amide bonds. The maximum Gasteiger partial charge on any atom is 4.00 e. The van der Waals surface area contributed by atoms with E-state index in [9.17, 15) is 0 Å². The summed E-state index contributed by atoms with van der Waals surface area (Å²) in [5.41, 5.74) is 10.2. The van der Waals surface area contributed by atoms with Crippen LogP contribution in [0.25, 0.3) is 21.3 Å². The molecular formula is C56H56HfN4. The monoisotopic (exact) mass is 964 g/mol. The van der Waals surface area contributed by atoms with Crippen LogP contribution >= 0.6 is 0 Å². The molecule has 0 radical (unpaired) electrons. The molecule has 0 bridgehead atoms. The third-order valence-electron chi connectivity index (χ3n) is 9.10. The predicted molar refractivity (Wildman–Crippen MR) is 255 cm³/mol. The topological polar surface area (TPSA) is 56.4 Å². The Morgan fingerprint density at radius 3 is 0.361 bits per heavy atom. The fourth-order valence-electron chi connectivity index (χ4n) is 5.92. The molecule has 0 fully saturated rings. The first-order chi connectivity index (χ1) is 29.8. The zero-order valence-corrected chi connectivity index (χ0v) is 38.6. The third kappa shape index (κ3) is 22.0. The van der Waals surface area contributed by atoms with Crippen molar-refractivity contribution in [1.82, 2.24) is 0 Å². The summed E-state index contributed by atoms with van der Waals surface area (Å²) >= 11 is 0. The van der Waals surface area contributed by atoms with E-state index in [2.05, 4.69) is 118 Å². The van der Waals surface area contributed by atoms with E-state index in [-0.39, 0.29) is 25.8 Å². The SMILES string of the molecule is [Hf+4].c1ccc(C[N-]Cc2ccccc2)cc1.c1ccc(C[N-]Cc2ccccc2)cc1.c1ccc(C[N-]Cc2ccccc2)cc1.c1ccc(C[N-]Cc2ccccc2)cc1. The fourth-order valence-corrected chi connectivity index (χ4v) is 5.92. The normalized spacial score (nSPS) is 9.97. The summed E-state index contributed by atoms with van der Waals surface area (Å²) < 4.78 is 0. The Balaban J connectivity index is 0.000000178. The van der Waals surface area contributed by atoms with Gasteiger partial charge >= 0.3 is 25.8 Å². The molecule has 5 heteroatoms. The zero-order chi connectivity index (χ0) is 41.4. The van der Waals surface area contributed by atoms with Crippen LogP contribution in [-0.2, 0) is 78.2 Å². The molecule has 8 aromatic carbocycles. The third-order valence-corrected chi connectivity index (χ3v) is 9.10. The molecule has 61 heavy (non-hydrogen) atoms. The van der Waals surface area contributed by atoms with E-state index in [1.165, 1.54) is 44.5 Å². The van der Waals surface area contributed by atoms with Crippen molar-refractivity contribution in [2.75, 3.05) is 0 Å². The van der Waals surface area contributed by atoms with Crippen molar-refractivity contribution in [3.63, 3.8) is 0 Å². The van der Waals surface area contributed by atoms with E-state index < -0.39 is 0 Å². The minimum absolute atomic E-state index is 0. The van der Waals surface area contributed by atoms with Crippen LogP contribution in [0.5, 0.6) is 0 Å². The molecule has 8 rings (SSSR count). The maximum atomic E-state index is 4.51. The summed E-state index contributed by atoms with van der Waals surface area (Å²) in [5, 5.41) is 18.0. The molecule has 4 nitrogen and oxygen atoms in total. The van der Waals surface area contributed by atoms with Crippen molar-refractivity contribution in [2.24, 2.45) is 0 Å². The van der Waals surface area contributed by atoms with Gasteiger partial charge in [0.1, 0.15) is 0 Å². The van der Waals surface area contributed by atoms with Gasteiger partial charge in [0.15, 0.2) is 0 Å². The first-order valence-electron chi connectivity index (χ1n) is 20.6. The van der Waals surface area contributed by atoms with Gasteiger partial charge in [0.2, 0.25) is 0 Å². The van der Waals surface area contributed by atoms with E-state index in [0.717, 1.165) is 52.4 Å². The molecule has 0 aliphatic carbocycles. The standard InChI is InChI=1S/4C14H14N.Hf/c4*1-3-7-13(8-4-1)11-15-12-14-9-5-2-6-10-14;/h4*1-10H,11-12H2;/q4*-1;+4. The summed E-state index contributed by atoms with van der Waals surface area (Å²) in [6, 6.07) is 82.7. The van der Waals surface area contributed by atoms with Crippen LogP contribution in [0.3, 0.4) is 0 Å². The molecule has 0 saturated carbocycles. The molecule has 0 N–H and O–H groups in total. The van der Waals surface area contributed by atoms with Gasteiger partial charge < -0.3 is 21.3 Å². The molecule has 304 valence electrons. The van der Waals surface area contributed by atoms with Gasteiger partial charge in [-0.2, -0.15) is 0 Å². The first kappa shape index (κ1) is 48.1. The Bertz CT molecular complexity index is 1700. The van der Waals surface area contributed by atoms with Crippen molar-refractivity contribution in [3.05, 3.63) is 308 Å². The molecule has 0 unspecified atom stereocenters. The Morgan fingerprint density at radius 1 is 0.164 bits per heavy atom. The zero-order valence-electron chi connectivity index (χ0n) is 35.0. The van der Waals surface area contributed by atoms with Crippen LogP contribution in [0.1, 0.15) is 44.5 Å². The smallest absolute Gasteiger partial charge is 0.655 e. The Morgan fingerprint density at radius 2 is 0.262 bits per heavy atom. The largest absolute Gasteiger partial charge is 4.00 e. The summed E-state index contributed by atoms with van der Waals surface area (Å²) in [4.78, 5) is 0. The second kappa shape index (κ2) is 31.4. The number of nitrogens with zero attached hydrogens (tertiary/aromatic N) is 4. The number of hydrogen-bond acceptors (Lipinski definition) is 0. The van der Waals surface area contributed by atoms with Crippen LogP contribution in [0.4, 0.5) is 0 Å². The number of benzene rings is 8. The van der Waals surface area contributed by atoms with E-state index in [0.29, 0.717) is 0 Å². The second-order valence-electron chi connectivity index (χ2n) is 14.0. The molecular weight excluding hydrogens is 907 g/mol. The van der Waals surface area contributed by atoms with Crippen LogP contribution in [0, 0.1) is 0 Å². The number of rotatable bonds is 16. The van der Waals surface area contributed by atoms with Crippen LogP contribution < -0.4 is 0 Å². The molecule has 0 aromatic heterocycles. The summed E-state index contributed by atoms with van der Waals surface area (Å²) in [6.45, 7) is 6.41. The Kier molecular flexibility index (Phi) is 24.7. The molecule has 0 atom stereocenters. The Hall–Kier alpha value is -5.53. The maximum absolute atomic E-state index is 4.51. The van der Waals surface area contributed by atoms with Crippen molar-refractivity contribution in [1.29, 1.82) is 0 Å². The van der Waals surface area contributed by atoms with Gasteiger partial charge in [-0.25, -0.2) is 0 Å². The summed E-state index contributed by atoms with van der Waals surface area (Å²) in [5.74, 6) is 0. The molecule has 0 heterocycles. The summed E-state index contributed by atoms with van der Waals surface area (Å²) in [7, 11) is 0. The Labute approximate surface area is 384 Å². The van der Waals surface area contributed by atoms with Gasteiger partial charge in [-0.15, -0.1) is 52.4 Å². The van der Waals surface area contributed by atoms with Crippen LogP contribution in [0.2, 0.25) is 0 Å². The first-order valence-corrected chi connectivity index (χ1v) is 20.6. The fraction of sp³-hybridized carbons (Fsp3) is 0.143. The quantitative estimate of drug-likeness (QED) is 0.0867. The van der Waals surface area contributed by atoms with Crippen LogP contribution in [-0.4, -0.2) is 0 Å². The molecule has 8 aromatic rings. The van der Waals surface area contributed by atoms with E-state index in [4.69, 9.17) is 0 Å². The number of hydrogen-bond donors (Lipinski definition) is 0. The van der Waals surface area contributed by atoms with Gasteiger partial charge in [-0.3, -0.25) is 0 Å². The van der Waals surface area contributed by atoms with Crippen molar-refractivity contribution < 1.29 is 25.8 Å². The predicted octanol–water partition coefficient (Wildman–Crippen LogP) is 15.0. The second-order valence-corrected chi connectivity index (χ2v) is 14.0. The molecule has 0 aliphatic rings. The molecule has 0 saturated heterocycles. The van der Waals surface area contributed by atoms with Crippen LogP contribution in [0.15, 0.2) is 243 Å². The van der Waals surface area contributed by atoms with E-state index in [1.54, 1.807) is 0 Å². The van der Waals surface area contributed by atoms with Crippen molar-refractivity contribution in [3.8, 4) is 0 Å². The average molecular weight is 964 g/mol. The average Bonchev–Trinajstić information content (AvgIpc) is 3.33. The van der Waals surface area contributed by atoms with Gasteiger partial charge in [0, 0.05) is 0 Å². The molecule has 0 aliphatic heterocycles. The minimum atomic E-state index is 0. The van der Waals surface area contributed by atoms with Gasteiger partial charge in [0.25, 0.3) is 0 Å². The molecule has 0 spiro atoms.